The van der Waals surface area contributed by atoms with Crippen LogP contribution in [0.5, 0.6) is 0 Å². The molecule has 1 unspecified atom stereocenters. The van der Waals surface area contributed by atoms with Crippen molar-refractivity contribution in [3.05, 3.63) is 10.7 Å². The molecule has 0 saturated carbocycles. The minimum atomic E-state index is -7.19. The highest BCUT2D eigenvalue weighted by Crippen LogP contribution is 2.58. The summed E-state index contributed by atoms with van der Waals surface area (Å²) in [6.45, 7) is 0. The van der Waals surface area contributed by atoms with E-state index in [1.54, 1.807) is 0 Å². The SMILES string of the molecule is CN1C=C(Br)C(C(=O)O)(C(F)(F)C(F)(F)C(F)(F)C(F)(F)F)N1. The zero-order chi connectivity index (χ0) is 18.6. The van der Waals surface area contributed by atoms with Gasteiger partial charge in [0.25, 0.3) is 0 Å². The monoisotopic (exact) mass is 424 g/mol. The topological polar surface area (TPSA) is 52.6 Å². The molecule has 0 saturated heterocycles. The Morgan fingerprint density at radius 2 is 1.57 bits per heavy atom. The van der Waals surface area contributed by atoms with Crippen LogP contribution in [0.1, 0.15) is 0 Å². The van der Waals surface area contributed by atoms with Gasteiger partial charge in [-0.3, -0.25) is 0 Å². The molecule has 0 aromatic heterocycles. The summed E-state index contributed by atoms with van der Waals surface area (Å²) < 4.78 is 116. The Morgan fingerprint density at radius 3 is 1.83 bits per heavy atom. The summed E-state index contributed by atoms with van der Waals surface area (Å²) in [6, 6.07) is 0. The van der Waals surface area contributed by atoms with E-state index in [2.05, 4.69) is 15.9 Å². The van der Waals surface area contributed by atoms with Crippen molar-refractivity contribution >= 4 is 21.9 Å². The Bertz CT molecular complexity index is 548. The smallest absolute Gasteiger partial charge is 0.460 e. The number of alkyl halides is 9. The summed E-state index contributed by atoms with van der Waals surface area (Å²) in [7, 11) is 0.835. The number of carboxylic acids is 1. The van der Waals surface area contributed by atoms with E-state index in [0.717, 1.165) is 7.05 Å². The molecule has 0 radical (unpaired) electrons. The number of hydrogen-bond acceptors (Lipinski definition) is 3. The summed E-state index contributed by atoms with van der Waals surface area (Å²) in [5, 5.41) is 9.20. The number of halogens is 10. The van der Waals surface area contributed by atoms with Gasteiger partial charge in [-0.1, -0.05) is 15.9 Å². The second-order valence-electron chi connectivity index (χ2n) is 4.48. The van der Waals surface area contributed by atoms with Crippen LogP contribution in [0.3, 0.4) is 0 Å². The molecule has 0 spiro atoms. The van der Waals surface area contributed by atoms with Crippen LogP contribution in [-0.4, -0.2) is 52.6 Å². The van der Waals surface area contributed by atoms with Gasteiger partial charge < -0.3 is 10.1 Å². The third kappa shape index (κ3) is 2.37. The van der Waals surface area contributed by atoms with Crippen molar-refractivity contribution in [1.29, 1.82) is 0 Å². The molecule has 1 aliphatic rings. The highest BCUT2D eigenvalue weighted by molar-refractivity contribution is 9.11. The number of carbonyl (C=O) groups is 1. The number of hydrogen-bond donors (Lipinski definition) is 2. The van der Waals surface area contributed by atoms with Crippen LogP contribution < -0.4 is 5.43 Å². The molecule has 1 heterocycles. The summed E-state index contributed by atoms with van der Waals surface area (Å²) >= 11 is 2.19. The molecule has 0 aromatic rings. The van der Waals surface area contributed by atoms with Gasteiger partial charge in [0.05, 0.1) is 4.48 Å². The van der Waals surface area contributed by atoms with E-state index in [4.69, 9.17) is 5.11 Å². The van der Waals surface area contributed by atoms with Gasteiger partial charge >= 0.3 is 29.9 Å². The molecule has 1 aliphatic heterocycles. The van der Waals surface area contributed by atoms with Crippen LogP contribution in [0, 0.1) is 0 Å². The molecule has 0 bridgehead atoms. The van der Waals surface area contributed by atoms with Crippen molar-refractivity contribution in [2.45, 2.75) is 29.5 Å². The zero-order valence-corrected chi connectivity index (χ0v) is 12.2. The quantitative estimate of drug-likeness (QED) is 0.681. The van der Waals surface area contributed by atoms with Crippen LogP contribution in [0.25, 0.3) is 0 Å². The highest BCUT2D eigenvalue weighted by atomic mass is 79.9. The number of rotatable bonds is 4. The lowest BCUT2D eigenvalue weighted by molar-refractivity contribution is -0.402. The molecule has 134 valence electrons. The van der Waals surface area contributed by atoms with Crippen LogP contribution in [0.15, 0.2) is 10.7 Å². The van der Waals surface area contributed by atoms with Gasteiger partial charge in [0, 0.05) is 13.2 Å². The minimum absolute atomic E-state index is 0.383. The first-order valence-electron chi connectivity index (χ1n) is 5.29. The number of aliphatic carboxylic acids is 1. The first kappa shape index (κ1) is 19.9. The molecule has 4 nitrogen and oxygen atoms in total. The fourth-order valence-corrected chi connectivity index (χ4v) is 2.55. The summed E-state index contributed by atoms with van der Waals surface area (Å²) in [5.41, 5.74) is -3.01. The lowest BCUT2D eigenvalue weighted by atomic mass is 9.85. The Morgan fingerprint density at radius 1 is 1.13 bits per heavy atom. The molecule has 14 heteroatoms. The third-order valence-corrected chi connectivity index (χ3v) is 3.75. The van der Waals surface area contributed by atoms with E-state index in [0.29, 0.717) is 11.2 Å². The van der Waals surface area contributed by atoms with Gasteiger partial charge in [0.15, 0.2) is 0 Å². The standard InChI is InChI=1S/C9H6BrF9N2O2/c1-21-2-3(10)5(20-21,4(22)23)6(11,12)7(13,14)8(15,16)9(17,18)19/h2,20H,1H3,(H,22,23). The molecule has 1 atom stereocenters. The van der Waals surface area contributed by atoms with Gasteiger partial charge in [-0.05, 0) is 0 Å². The van der Waals surface area contributed by atoms with Gasteiger partial charge in [-0.25, -0.2) is 10.2 Å². The fourth-order valence-electron chi connectivity index (χ4n) is 1.73. The molecule has 23 heavy (non-hydrogen) atoms. The Balaban J connectivity index is 3.61. The summed E-state index contributed by atoms with van der Waals surface area (Å²) in [6.07, 6.45) is -6.58. The average Bonchev–Trinajstić information content (AvgIpc) is 2.63. The average molecular weight is 425 g/mol. The molecule has 0 amide bonds. The third-order valence-electron chi connectivity index (χ3n) is 2.95. The van der Waals surface area contributed by atoms with E-state index in [1.165, 1.54) is 5.43 Å². The first-order chi connectivity index (χ1) is 9.97. The van der Waals surface area contributed by atoms with Crippen molar-refractivity contribution in [3.8, 4) is 0 Å². The number of nitrogens with one attached hydrogen (secondary N) is 1. The van der Waals surface area contributed by atoms with E-state index >= 15 is 0 Å². The number of nitrogens with zero attached hydrogens (tertiary/aromatic N) is 1. The van der Waals surface area contributed by atoms with Crippen molar-refractivity contribution in [2.24, 2.45) is 0 Å². The Labute approximate surface area is 130 Å². The van der Waals surface area contributed by atoms with E-state index in [9.17, 15) is 44.3 Å². The Kier molecular flexibility index (Phi) is 4.46. The normalized spacial score (nSPS) is 24.0. The van der Waals surface area contributed by atoms with Crippen LogP contribution >= 0.6 is 15.9 Å². The fraction of sp³-hybridized carbons (Fsp3) is 0.667. The Hall–Kier alpha value is -1.18. The van der Waals surface area contributed by atoms with Gasteiger partial charge in [-0.2, -0.15) is 39.5 Å². The molecule has 1 rings (SSSR count). The van der Waals surface area contributed by atoms with Crippen LogP contribution in [-0.2, 0) is 4.79 Å². The van der Waals surface area contributed by atoms with E-state index < -0.39 is 39.9 Å². The van der Waals surface area contributed by atoms with Crippen molar-refractivity contribution in [1.82, 2.24) is 10.4 Å². The van der Waals surface area contributed by atoms with Crippen LogP contribution in [0.2, 0.25) is 0 Å². The van der Waals surface area contributed by atoms with Crippen molar-refractivity contribution < 1.29 is 49.4 Å². The van der Waals surface area contributed by atoms with Gasteiger partial charge in [-0.15, -0.1) is 0 Å². The van der Waals surface area contributed by atoms with E-state index in [1.807, 2.05) is 0 Å². The lowest BCUT2D eigenvalue weighted by Crippen LogP contribution is -2.74. The predicted octanol–water partition coefficient (Wildman–Crippen LogP) is 2.96. The van der Waals surface area contributed by atoms with Gasteiger partial charge in [0.2, 0.25) is 5.54 Å². The largest absolute Gasteiger partial charge is 0.479 e. The maximum absolute atomic E-state index is 14.0. The number of hydrazine groups is 1. The summed E-state index contributed by atoms with van der Waals surface area (Å²) in [5.74, 6) is -23.5. The maximum Gasteiger partial charge on any atom is 0.460 e. The molecule has 0 aliphatic carbocycles. The molecular weight excluding hydrogens is 419 g/mol. The molecule has 0 fully saturated rings. The van der Waals surface area contributed by atoms with E-state index in [-0.39, 0.29) is 0 Å². The van der Waals surface area contributed by atoms with Gasteiger partial charge in [0.1, 0.15) is 0 Å². The van der Waals surface area contributed by atoms with Crippen molar-refractivity contribution in [3.63, 3.8) is 0 Å². The zero-order valence-electron chi connectivity index (χ0n) is 10.7. The number of carboxylic acid groups (broad SMARTS) is 1. The molecule has 0 aromatic carbocycles. The highest BCUT2D eigenvalue weighted by Gasteiger charge is 2.88. The maximum atomic E-state index is 14.0. The second kappa shape index (κ2) is 5.16. The minimum Gasteiger partial charge on any atom is -0.479 e. The van der Waals surface area contributed by atoms with Crippen molar-refractivity contribution in [2.75, 3.05) is 7.05 Å². The second-order valence-corrected chi connectivity index (χ2v) is 5.33. The summed E-state index contributed by atoms with van der Waals surface area (Å²) in [4.78, 5) is 11.1. The molecule has 2 N–H and O–H groups in total. The first-order valence-corrected chi connectivity index (χ1v) is 6.08. The lowest BCUT2D eigenvalue weighted by Gasteiger charge is -2.41. The van der Waals surface area contributed by atoms with Crippen LogP contribution in [0.4, 0.5) is 39.5 Å². The molecular formula is C9H6BrF9N2O2. The predicted molar refractivity (Wildman–Crippen MR) is 59.2 cm³/mol.